The standard InChI is InChI=1S/C19H18FN3O2S/c1-11-6-4-5-7-15(11)18-22-23-19(25-18)26-13(3)17(24)21-14-9-8-12(2)16(20)10-14/h4-10,13H,1-3H3,(H,21,24)/t13-/m1/s1. The Morgan fingerprint density at radius 2 is 1.92 bits per heavy atom. The van der Waals surface area contributed by atoms with Crippen molar-refractivity contribution in [1.29, 1.82) is 0 Å². The van der Waals surface area contributed by atoms with Crippen LogP contribution in [-0.4, -0.2) is 21.4 Å². The van der Waals surface area contributed by atoms with Crippen LogP contribution >= 0.6 is 11.8 Å². The van der Waals surface area contributed by atoms with E-state index >= 15 is 0 Å². The Morgan fingerprint density at radius 3 is 2.65 bits per heavy atom. The Morgan fingerprint density at radius 1 is 1.15 bits per heavy atom. The first-order valence-electron chi connectivity index (χ1n) is 8.07. The van der Waals surface area contributed by atoms with E-state index in [0.29, 0.717) is 22.4 Å². The average Bonchev–Trinajstić information content (AvgIpc) is 3.06. The van der Waals surface area contributed by atoms with Crippen LogP contribution in [0.25, 0.3) is 11.5 Å². The molecule has 3 rings (SSSR count). The van der Waals surface area contributed by atoms with Gasteiger partial charge in [-0.2, -0.15) is 0 Å². The normalized spacial score (nSPS) is 12.0. The second-order valence-corrected chi connectivity index (χ2v) is 7.19. The van der Waals surface area contributed by atoms with Crippen LogP contribution < -0.4 is 5.32 Å². The third-order valence-corrected chi connectivity index (χ3v) is 4.80. The zero-order valence-corrected chi connectivity index (χ0v) is 15.4. The van der Waals surface area contributed by atoms with Gasteiger partial charge in [0.1, 0.15) is 5.82 Å². The van der Waals surface area contributed by atoms with Crippen LogP contribution in [0.2, 0.25) is 0 Å². The molecule has 0 spiro atoms. The lowest BCUT2D eigenvalue weighted by Gasteiger charge is -2.10. The number of aryl methyl sites for hydroxylation is 2. The van der Waals surface area contributed by atoms with Crippen molar-refractivity contribution in [3.8, 4) is 11.5 Å². The minimum Gasteiger partial charge on any atom is -0.411 e. The second-order valence-electron chi connectivity index (χ2n) is 5.90. The number of benzene rings is 2. The summed E-state index contributed by atoms with van der Waals surface area (Å²) in [6, 6.07) is 12.3. The molecule has 0 bridgehead atoms. The number of aromatic nitrogens is 2. The van der Waals surface area contributed by atoms with Crippen LogP contribution in [0, 0.1) is 19.7 Å². The van der Waals surface area contributed by atoms with Crippen LogP contribution in [0.1, 0.15) is 18.1 Å². The summed E-state index contributed by atoms with van der Waals surface area (Å²) in [5, 5.41) is 10.6. The molecule has 1 atom stereocenters. The van der Waals surface area contributed by atoms with E-state index in [2.05, 4.69) is 15.5 Å². The van der Waals surface area contributed by atoms with E-state index in [1.54, 1.807) is 26.0 Å². The number of nitrogens with one attached hydrogen (secondary N) is 1. The second kappa shape index (κ2) is 7.70. The van der Waals surface area contributed by atoms with E-state index in [1.807, 2.05) is 31.2 Å². The molecule has 1 N–H and O–H groups in total. The van der Waals surface area contributed by atoms with Crippen LogP contribution in [0.4, 0.5) is 10.1 Å². The number of carbonyl (C=O) groups is 1. The first-order chi connectivity index (χ1) is 12.4. The van der Waals surface area contributed by atoms with Crippen molar-refractivity contribution in [2.75, 3.05) is 5.32 Å². The summed E-state index contributed by atoms with van der Waals surface area (Å²) < 4.78 is 19.2. The van der Waals surface area contributed by atoms with Gasteiger partial charge in [0.05, 0.1) is 5.25 Å². The molecule has 0 radical (unpaired) electrons. The molecule has 1 amide bonds. The SMILES string of the molecule is Cc1ccc(NC(=O)[C@@H](C)Sc2nnc(-c3ccccc3C)o2)cc1F. The minimum absolute atomic E-state index is 0.270. The molecule has 5 nitrogen and oxygen atoms in total. The molecular weight excluding hydrogens is 353 g/mol. The van der Waals surface area contributed by atoms with Gasteiger partial charge < -0.3 is 9.73 Å². The van der Waals surface area contributed by atoms with Gasteiger partial charge in [-0.05, 0) is 50.1 Å². The summed E-state index contributed by atoms with van der Waals surface area (Å²) >= 11 is 1.15. The van der Waals surface area contributed by atoms with Crippen molar-refractivity contribution in [3.05, 3.63) is 59.4 Å². The summed E-state index contributed by atoms with van der Waals surface area (Å²) in [4.78, 5) is 12.3. The van der Waals surface area contributed by atoms with E-state index in [4.69, 9.17) is 4.42 Å². The molecule has 0 saturated heterocycles. The predicted molar refractivity (Wildman–Crippen MR) is 99.6 cm³/mol. The Labute approximate surface area is 155 Å². The van der Waals surface area contributed by atoms with E-state index in [-0.39, 0.29) is 11.7 Å². The van der Waals surface area contributed by atoms with Gasteiger partial charge in [-0.25, -0.2) is 4.39 Å². The van der Waals surface area contributed by atoms with Crippen LogP contribution in [0.5, 0.6) is 0 Å². The maximum absolute atomic E-state index is 13.6. The largest absolute Gasteiger partial charge is 0.411 e. The minimum atomic E-state index is -0.482. The highest BCUT2D eigenvalue weighted by atomic mass is 32.2. The molecule has 3 aromatic rings. The molecule has 7 heteroatoms. The first-order valence-corrected chi connectivity index (χ1v) is 8.95. The van der Waals surface area contributed by atoms with Gasteiger partial charge in [-0.15, -0.1) is 10.2 Å². The molecule has 0 saturated carbocycles. The highest BCUT2D eigenvalue weighted by molar-refractivity contribution is 8.00. The number of hydrogen-bond acceptors (Lipinski definition) is 5. The zero-order valence-electron chi connectivity index (χ0n) is 14.6. The number of nitrogens with zero attached hydrogens (tertiary/aromatic N) is 2. The third-order valence-electron chi connectivity index (χ3n) is 3.87. The first kappa shape index (κ1) is 18.1. The number of carbonyl (C=O) groups excluding carboxylic acids is 1. The third kappa shape index (κ3) is 4.11. The zero-order chi connectivity index (χ0) is 18.7. The van der Waals surface area contributed by atoms with Crippen molar-refractivity contribution in [3.63, 3.8) is 0 Å². The Balaban J connectivity index is 1.66. The molecule has 26 heavy (non-hydrogen) atoms. The Kier molecular flexibility index (Phi) is 5.37. The monoisotopic (exact) mass is 371 g/mol. The van der Waals surface area contributed by atoms with Crippen LogP contribution in [0.15, 0.2) is 52.1 Å². The number of rotatable bonds is 5. The average molecular weight is 371 g/mol. The van der Waals surface area contributed by atoms with Crippen LogP contribution in [0.3, 0.4) is 0 Å². The lowest BCUT2D eigenvalue weighted by Crippen LogP contribution is -2.22. The Hall–Kier alpha value is -2.67. The van der Waals surface area contributed by atoms with Gasteiger partial charge >= 0.3 is 0 Å². The molecule has 0 fully saturated rings. The summed E-state index contributed by atoms with van der Waals surface area (Å²) in [5.74, 6) is -0.212. The predicted octanol–water partition coefficient (Wildman–Crippen LogP) is 4.61. The van der Waals surface area contributed by atoms with Gasteiger partial charge in [0.2, 0.25) is 11.8 Å². The van der Waals surface area contributed by atoms with Crippen molar-refractivity contribution < 1.29 is 13.6 Å². The molecule has 2 aromatic carbocycles. The molecule has 134 valence electrons. The quantitative estimate of drug-likeness (QED) is 0.663. The molecule has 0 unspecified atom stereocenters. The number of anilines is 1. The molecule has 0 aliphatic rings. The molecular formula is C19H18FN3O2S. The maximum atomic E-state index is 13.6. The number of hydrogen-bond donors (Lipinski definition) is 1. The fourth-order valence-corrected chi connectivity index (χ4v) is 2.98. The number of amides is 1. The fourth-order valence-electron chi connectivity index (χ4n) is 2.30. The maximum Gasteiger partial charge on any atom is 0.277 e. The highest BCUT2D eigenvalue weighted by Gasteiger charge is 2.19. The van der Waals surface area contributed by atoms with Crippen molar-refractivity contribution in [2.45, 2.75) is 31.2 Å². The lowest BCUT2D eigenvalue weighted by molar-refractivity contribution is -0.115. The molecule has 0 aliphatic carbocycles. The Bertz CT molecular complexity index is 942. The number of halogens is 1. The van der Waals surface area contributed by atoms with Gasteiger partial charge in [0.25, 0.3) is 5.22 Å². The van der Waals surface area contributed by atoms with Gasteiger partial charge in [0.15, 0.2) is 0 Å². The summed E-state index contributed by atoms with van der Waals surface area (Å²) in [7, 11) is 0. The van der Waals surface area contributed by atoms with Crippen molar-refractivity contribution >= 4 is 23.4 Å². The smallest absolute Gasteiger partial charge is 0.277 e. The number of thioether (sulfide) groups is 1. The van der Waals surface area contributed by atoms with Gasteiger partial charge in [0, 0.05) is 11.3 Å². The van der Waals surface area contributed by atoms with E-state index in [0.717, 1.165) is 22.9 Å². The highest BCUT2D eigenvalue weighted by Crippen LogP contribution is 2.28. The van der Waals surface area contributed by atoms with Gasteiger partial charge in [-0.3, -0.25) is 4.79 Å². The molecule has 1 heterocycles. The lowest BCUT2D eigenvalue weighted by atomic mass is 10.1. The summed E-state index contributed by atoms with van der Waals surface area (Å²) in [6.45, 7) is 5.35. The van der Waals surface area contributed by atoms with E-state index in [1.165, 1.54) is 6.07 Å². The molecule has 1 aromatic heterocycles. The summed E-state index contributed by atoms with van der Waals surface area (Å²) in [5.41, 5.74) is 2.83. The molecule has 0 aliphatic heterocycles. The van der Waals surface area contributed by atoms with E-state index < -0.39 is 5.25 Å². The van der Waals surface area contributed by atoms with Gasteiger partial charge in [-0.1, -0.05) is 36.0 Å². The van der Waals surface area contributed by atoms with Crippen LogP contribution in [-0.2, 0) is 4.79 Å². The van der Waals surface area contributed by atoms with Crippen molar-refractivity contribution in [2.24, 2.45) is 0 Å². The van der Waals surface area contributed by atoms with E-state index in [9.17, 15) is 9.18 Å². The van der Waals surface area contributed by atoms with Crippen molar-refractivity contribution in [1.82, 2.24) is 10.2 Å². The fraction of sp³-hybridized carbons (Fsp3) is 0.211. The summed E-state index contributed by atoms with van der Waals surface area (Å²) in [6.07, 6.45) is 0. The topological polar surface area (TPSA) is 68.0 Å².